The van der Waals surface area contributed by atoms with E-state index in [2.05, 4.69) is 4.72 Å². The van der Waals surface area contributed by atoms with E-state index in [1.807, 2.05) is 30.3 Å². The summed E-state index contributed by atoms with van der Waals surface area (Å²) in [6.45, 7) is 4.71. The summed E-state index contributed by atoms with van der Waals surface area (Å²) in [5, 5.41) is 8.90. The van der Waals surface area contributed by atoms with E-state index < -0.39 is 22.0 Å². The molecule has 0 amide bonds. The lowest BCUT2D eigenvalue weighted by molar-refractivity contribution is -0.138. The molecular formula is C17H19NO4S. The van der Waals surface area contributed by atoms with E-state index in [1.54, 1.807) is 26.0 Å². The van der Waals surface area contributed by atoms with Gasteiger partial charge < -0.3 is 5.11 Å². The van der Waals surface area contributed by atoms with Gasteiger partial charge in [0.1, 0.15) is 6.04 Å². The number of hydrogen-bond donors (Lipinski definition) is 2. The number of nitrogens with one attached hydrogen (secondary N) is 1. The zero-order chi connectivity index (χ0) is 17.2. The Morgan fingerprint density at radius 2 is 1.57 bits per heavy atom. The fraction of sp³-hybridized carbons (Fsp3) is 0.235. The fourth-order valence-electron chi connectivity index (χ4n) is 2.51. The van der Waals surface area contributed by atoms with Gasteiger partial charge in [0, 0.05) is 0 Å². The molecule has 2 aromatic carbocycles. The second-order valence-electron chi connectivity index (χ2n) is 5.49. The van der Waals surface area contributed by atoms with Crippen molar-refractivity contribution in [3.8, 4) is 11.1 Å². The van der Waals surface area contributed by atoms with E-state index in [0.717, 1.165) is 11.1 Å². The third kappa shape index (κ3) is 3.78. The van der Waals surface area contributed by atoms with Gasteiger partial charge in [-0.25, -0.2) is 8.42 Å². The molecule has 0 aliphatic rings. The number of benzene rings is 2. The van der Waals surface area contributed by atoms with Gasteiger partial charge in [-0.2, -0.15) is 4.72 Å². The van der Waals surface area contributed by atoms with Crippen LogP contribution in [0.25, 0.3) is 11.1 Å². The standard InChI is InChI=1S/C17H19NO4S/c1-11-9-15(14-7-5-4-6-8-14)10-12(2)16(11)23(21,22)18-13(3)17(19)20/h4-10,13,18H,1-3H3,(H,19,20). The first-order valence-corrected chi connectivity index (χ1v) is 8.62. The quantitative estimate of drug-likeness (QED) is 0.881. The van der Waals surface area contributed by atoms with Gasteiger partial charge in [-0.05, 0) is 43.0 Å². The average Bonchev–Trinajstić information content (AvgIpc) is 2.46. The maximum absolute atomic E-state index is 12.5. The first kappa shape index (κ1) is 17.2. The van der Waals surface area contributed by atoms with E-state index in [0.29, 0.717) is 11.1 Å². The van der Waals surface area contributed by atoms with Crippen molar-refractivity contribution in [2.45, 2.75) is 31.7 Å². The summed E-state index contributed by atoms with van der Waals surface area (Å²) < 4.78 is 27.1. The van der Waals surface area contributed by atoms with Crippen LogP contribution in [0.1, 0.15) is 18.1 Å². The van der Waals surface area contributed by atoms with Crippen LogP contribution >= 0.6 is 0 Å². The Labute approximate surface area is 136 Å². The Kier molecular flexibility index (Phi) is 4.87. The average molecular weight is 333 g/mol. The summed E-state index contributed by atoms with van der Waals surface area (Å²) in [6.07, 6.45) is 0. The largest absolute Gasteiger partial charge is 0.480 e. The Morgan fingerprint density at radius 1 is 1.04 bits per heavy atom. The molecular weight excluding hydrogens is 314 g/mol. The summed E-state index contributed by atoms with van der Waals surface area (Å²) in [5.74, 6) is -1.22. The van der Waals surface area contributed by atoms with Gasteiger partial charge in [0.2, 0.25) is 10.0 Å². The van der Waals surface area contributed by atoms with Crippen LogP contribution in [-0.4, -0.2) is 25.5 Å². The highest BCUT2D eigenvalue weighted by atomic mass is 32.2. The normalized spacial score (nSPS) is 12.8. The molecule has 2 rings (SSSR count). The van der Waals surface area contributed by atoms with Crippen LogP contribution in [0.2, 0.25) is 0 Å². The summed E-state index contributed by atoms with van der Waals surface area (Å²) >= 11 is 0. The maximum atomic E-state index is 12.5. The number of carbonyl (C=O) groups is 1. The molecule has 0 spiro atoms. The zero-order valence-corrected chi connectivity index (χ0v) is 14.0. The molecule has 23 heavy (non-hydrogen) atoms. The van der Waals surface area contributed by atoms with Crippen LogP contribution in [0.3, 0.4) is 0 Å². The smallest absolute Gasteiger partial charge is 0.321 e. The molecule has 122 valence electrons. The highest BCUT2D eigenvalue weighted by Crippen LogP contribution is 2.28. The molecule has 0 bridgehead atoms. The number of sulfonamides is 1. The van der Waals surface area contributed by atoms with Gasteiger partial charge >= 0.3 is 5.97 Å². The minimum Gasteiger partial charge on any atom is -0.480 e. The topological polar surface area (TPSA) is 83.5 Å². The van der Waals surface area contributed by atoms with Crippen molar-refractivity contribution in [2.24, 2.45) is 0 Å². The SMILES string of the molecule is Cc1cc(-c2ccccc2)cc(C)c1S(=O)(=O)NC(C)C(=O)O. The highest BCUT2D eigenvalue weighted by molar-refractivity contribution is 7.89. The van der Waals surface area contributed by atoms with Crippen LogP contribution in [0.5, 0.6) is 0 Å². The molecule has 0 aromatic heterocycles. The molecule has 0 aliphatic heterocycles. The number of aliphatic carboxylic acids is 1. The fourth-order valence-corrected chi connectivity index (χ4v) is 4.16. The van der Waals surface area contributed by atoms with Crippen LogP contribution in [0.15, 0.2) is 47.4 Å². The molecule has 0 aliphatic carbocycles. The molecule has 0 saturated heterocycles. The Hall–Kier alpha value is -2.18. The minimum atomic E-state index is -3.90. The van der Waals surface area contributed by atoms with E-state index >= 15 is 0 Å². The van der Waals surface area contributed by atoms with Gasteiger partial charge in [-0.15, -0.1) is 0 Å². The Morgan fingerprint density at radius 3 is 2.04 bits per heavy atom. The Bertz CT molecular complexity index is 806. The van der Waals surface area contributed by atoms with Crippen LogP contribution in [-0.2, 0) is 14.8 Å². The second-order valence-corrected chi connectivity index (χ2v) is 7.14. The molecule has 0 saturated carbocycles. The zero-order valence-electron chi connectivity index (χ0n) is 13.2. The summed E-state index contributed by atoms with van der Waals surface area (Å²) in [4.78, 5) is 11.0. The van der Waals surface area contributed by atoms with Crippen molar-refractivity contribution in [3.05, 3.63) is 53.6 Å². The monoisotopic (exact) mass is 333 g/mol. The lowest BCUT2D eigenvalue weighted by Gasteiger charge is -2.16. The lowest BCUT2D eigenvalue weighted by Crippen LogP contribution is -2.38. The van der Waals surface area contributed by atoms with Crippen LogP contribution in [0.4, 0.5) is 0 Å². The first-order chi connectivity index (χ1) is 10.7. The number of aryl methyl sites for hydroxylation is 2. The third-order valence-electron chi connectivity index (χ3n) is 3.54. The van der Waals surface area contributed by atoms with Gasteiger partial charge in [-0.3, -0.25) is 4.79 Å². The minimum absolute atomic E-state index is 0.130. The number of rotatable bonds is 5. The Balaban J connectivity index is 2.47. The van der Waals surface area contributed by atoms with Crippen LogP contribution in [0, 0.1) is 13.8 Å². The van der Waals surface area contributed by atoms with E-state index in [-0.39, 0.29) is 4.90 Å². The van der Waals surface area contributed by atoms with E-state index in [9.17, 15) is 13.2 Å². The summed E-state index contributed by atoms with van der Waals surface area (Å²) in [5.41, 5.74) is 3.07. The molecule has 0 fully saturated rings. The highest BCUT2D eigenvalue weighted by Gasteiger charge is 2.25. The molecule has 0 radical (unpaired) electrons. The van der Waals surface area contributed by atoms with Crippen LogP contribution < -0.4 is 4.72 Å². The third-order valence-corrected chi connectivity index (χ3v) is 5.38. The molecule has 1 atom stereocenters. The number of carboxylic acids is 1. The molecule has 6 heteroatoms. The molecule has 1 unspecified atom stereocenters. The molecule has 0 heterocycles. The van der Waals surface area contributed by atoms with Crippen molar-refractivity contribution in [1.29, 1.82) is 0 Å². The summed E-state index contributed by atoms with van der Waals surface area (Å²) in [7, 11) is -3.90. The van der Waals surface area contributed by atoms with E-state index in [1.165, 1.54) is 6.92 Å². The van der Waals surface area contributed by atoms with Crippen molar-refractivity contribution in [2.75, 3.05) is 0 Å². The number of hydrogen-bond acceptors (Lipinski definition) is 3. The van der Waals surface area contributed by atoms with Gasteiger partial charge in [0.25, 0.3) is 0 Å². The second kappa shape index (κ2) is 6.52. The molecule has 5 nitrogen and oxygen atoms in total. The van der Waals surface area contributed by atoms with Crippen molar-refractivity contribution >= 4 is 16.0 Å². The number of carboxylic acid groups (broad SMARTS) is 1. The van der Waals surface area contributed by atoms with Crippen molar-refractivity contribution in [3.63, 3.8) is 0 Å². The summed E-state index contributed by atoms with van der Waals surface area (Å²) in [6, 6.07) is 12.1. The van der Waals surface area contributed by atoms with Crippen molar-refractivity contribution in [1.82, 2.24) is 4.72 Å². The van der Waals surface area contributed by atoms with Gasteiger partial charge in [0.05, 0.1) is 4.90 Å². The van der Waals surface area contributed by atoms with Gasteiger partial charge in [0.15, 0.2) is 0 Å². The predicted octanol–water partition coefficient (Wildman–Crippen LogP) is 2.72. The lowest BCUT2D eigenvalue weighted by atomic mass is 10.0. The molecule has 2 aromatic rings. The maximum Gasteiger partial charge on any atom is 0.321 e. The first-order valence-electron chi connectivity index (χ1n) is 7.14. The van der Waals surface area contributed by atoms with Crippen molar-refractivity contribution < 1.29 is 18.3 Å². The predicted molar refractivity (Wildman–Crippen MR) is 88.8 cm³/mol. The van der Waals surface area contributed by atoms with E-state index in [4.69, 9.17) is 5.11 Å². The van der Waals surface area contributed by atoms with Gasteiger partial charge in [-0.1, -0.05) is 42.5 Å². The molecule has 2 N–H and O–H groups in total.